The molecule has 0 aromatic heterocycles. The van der Waals surface area contributed by atoms with Crippen LogP contribution in [0.1, 0.15) is 180 Å². The van der Waals surface area contributed by atoms with Gasteiger partial charge in [-0.15, -0.1) is 0 Å². The number of hydrogen-bond acceptors (Lipinski definition) is 16. The molecule has 1 heterocycles. The lowest BCUT2D eigenvalue weighted by Gasteiger charge is -2.35. The van der Waals surface area contributed by atoms with Gasteiger partial charge in [-0.1, -0.05) is 160 Å². The van der Waals surface area contributed by atoms with Crippen LogP contribution < -0.4 is 38.5 Å². The molecule has 9 aromatic carbocycles. The minimum absolute atomic E-state index is 0.150. The number of nitrogens with zero attached hydrogens (tertiary/aromatic N) is 3. The summed E-state index contributed by atoms with van der Waals surface area (Å²) < 4.78 is 64.1. The van der Waals surface area contributed by atoms with E-state index in [1.807, 2.05) is 235 Å². The molecule has 1 aliphatic heterocycles. The molecular formula is C105H142N4O16. The van der Waals surface area contributed by atoms with E-state index in [0.717, 1.165) is 155 Å². The lowest BCUT2D eigenvalue weighted by molar-refractivity contribution is -0.135. The Labute approximate surface area is 746 Å². The SMILES string of the molecule is CCCN(C(=O)CC1(C)CCOCC1)C1CC1.CCCN(CCc1ccccc1)C(=O)OCC.CCOC(=O)N(CCCc1ccccc1)CC1CC1.CCOC(=O)NC(C)C.CCOCc1ccc(OC2CC2)cc1.CCOc1cccc(Oc2ccccc2)c1.COc1cc(COc2cccc(C)c2)cc(OC)c1.Cc1cccc(Oc2ccccc2)c1. The van der Waals surface area contributed by atoms with Crippen LogP contribution in [-0.4, -0.2) is 150 Å². The predicted octanol–water partition coefficient (Wildman–Crippen LogP) is 24.3. The molecule has 3 saturated carbocycles. The summed E-state index contributed by atoms with van der Waals surface area (Å²) in [7, 11) is 3.28. The monoisotopic (exact) mass is 1720 g/mol. The molecule has 0 atom stereocenters. The quantitative estimate of drug-likeness (QED) is 0.0363. The van der Waals surface area contributed by atoms with Crippen molar-refractivity contribution in [3.05, 3.63) is 270 Å². The molecular weight excluding hydrogens is 1570 g/mol. The second-order valence-electron chi connectivity index (χ2n) is 31.5. The van der Waals surface area contributed by atoms with Crippen molar-refractivity contribution in [2.45, 2.75) is 204 Å². The minimum atomic E-state index is -0.340. The standard InChI is InChI=1S/C16H23NO2.C16H18O3.C14H25NO2.C14H21NO2.C14H14O2.C13H12O.C12H16O2.C6H13NO2/c1-2-19-16(18)17(13-15-10-11-15)12-6-9-14-7-4-3-5-8-14;1-12-5-4-6-14(7-12)19-11-13-8-15(17-2)10-16(9-13)18-3;1-3-8-15(12-4-5-12)13(16)11-14(2)6-9-17-10-7-14;1-3-11-15(14(16)17-4-2)12-10-13-8-6-5-7-9-13;1-2-15-13-9-6-10-14(11-13)16-12-7-4-3-5-8-12;1-11-6-5-9-13(10-11)14-12-7-3-2-4-8-12;1-2-13-9-10-3-5-11(6-4-10)14-12-7-8-12;1-4-9-6(8)7-5(2)3/h3-5,7-8,15H,2,6,9-13H2,1H3;4-10H,11H2,1-3H3;12H,3-11H2,1-2H3;5-9H,3-4,10-12H2,1-2H3;3-11H,2H2,1H3;2-10H,1H3;3-6,12H,2,7-9H2,1H3;5H,4H2,1-3H3,(H,7,8). The van der Waals surface area contributed by atoms with Gasteiger partial charge in [-0.2, -0.15) is 0 Å². The van der Waals surface area contributed by atoms with Crippen molar-refractivity contribution in [1.29, 1.82) is 0 Å². The van der Waals surface area contributed by atoms with Gasteiger partial charge in [-0.3, -0.25) is 4.79 Å². The first-order valence-corrected chi connectivity index (χ1v) is 44.9. The number of ether oxygens (including phenoxy) is 12. The first-order chi connectivity index (χ1) is 60.7. The van der Waals surface area contributed by atoms with Crippen molar-refractivity contribution >= 4 is 24.2 Å². The molecule has 125 heavy (non-hydrogen) atoms. The molecule has 20 heteroatoms. The summed E-state index contributed by atoms with van der Waals surface area (Å²) in [6.07, 6.45) is 14.8. The van der Waals surface area contributed by atoms with Gasteiger partial charge in [0.2, 0.25) is 5.91 Å². The summed E-state index contributed by atoms with van der Waals surface area (Å²) in [5.74, 6) is 8.66. The van der Waals surface area contributed by atoms with Crippen LogP contribution in [-0.2, 0) is 54.5 Å². The van der Waals surface area contributed by atoms with Crippen LogP contribution in [0.3, 0.4) is 0 Å². The van der Waals surface area contributed by atoms with Crippen LogP contribution >= 0.6 is 0 Å². The van der Waals surface area contributed by atoms with E-state index >= 15 is 0 Å². The molecule has 0 unspecified atom stereocenters. The highest BCUT2D eigenvalue weighted by atomic mass is 16.6. The Kier molecular flexibility index (Phi) is 49.5. The molecule has 4 amide bonds. The van der Waals surface area contributed by atoms with Crippen molar-refractivity contribution in [3.63, 3.8) is 0 Å². The summed E-state index contributed by atoms with van der Waals surface area (Å²) in [5.41, 5.74) is 7.36. The fourth-order valence-corrected chi connectivity index (χ4v) is 12.8. The van der Waals surface area contributed by atoms with Gasteiger partial charge in [0.15, 0.2) is 0 Å². The van der Waals surface area contributed by atoms with E-state index in [2.05, 4.69) is 97.2 Å². The number of alkyl carbamates (subject to hydrolysis) is 1. The van der Waals surface area contributed by atoms with Gasteiger partial charge in [0.25, 0.3) is 0 Å². The number of carbonyl (C=O) groups excluding carboxylic acids is 4. The van der Waals surface area contributed by atoms with Crippen molar-refractivity contribution < 1.29 is 76.0 Å². The summed E-state index contributed by atoms with van der Waals surface area (Å²) in [6.45, 7) is 33.4. The van der Waals surface area contributed by atoms with Crippen LogP contribution in [0.4, 0.5) is 14.4 Å². The van der Waals surface area contributed by atoms with Gasteiger partial charge in [0.05, 0.1) is 53.4 Å². The zero-order valence-electron chi connectivity index (χ0n) is 77.0. The second kappa shape index (κ2) is 60.4. The fraction of sp³-hybridized carbons (Fsp3) is 0.448. The number of nitrogens with one attached hydrogen (secondary N) is 1. The Morgan fingerprint density at radius 3 is 1.42 bits per heavy atom. The van der Waals surface area contributed by atoms with E-state index in [-0.39, 0.29) is 29.7 Å². The predicted molar refractivity (Wildman–Crippen MR) is 501 cm³/mol. The van der Waals surface area contributed by atoms with Crippen LogP contribution in [0.5, 0.6) is 51.7 Å². The average molecular weight is 1720 g/mol. The molecule has 0 radical (unpaired) electrons. The maximum Gasteiger partial charge on any atom is 0.409 e. The molecule has 13 rings (SSSR count). The van der Waals surface area contributed by atoms with E-state index in [0.29, 0.717) is 70.0 Å². The normalized spacial score (nSPS) is 13.0. The average Bonchev–Trinajstić information content (AvgIpc) is 1.69. The maximum atomic E-state index is 12.4. The van der Waals surface area contributed by atoms with Gasteiger partial charge >= 0.3 is 18.3 Å². The number of hydrogen-bond donors (Lipinski definition) is 1. The first-order valence-electron chi connectivity index (χ1n) is 44.9. The van der Waals surface area contributed by atoms with Gasteiger partial charge in [-0.25, -0.2) is 14.4 Å². The van der Waals surface area contributed by atoms with Crippen molar-refractivity contribution in [2.75, 3.05) is 93.2 Å². The molecule has 20 nitrogen and oxygen atoms in total. The maximum absolute atomic E-state index is 12.4. The molecule has 1 N–H and O–H groups in total. The molecule has 678 valence electrons. The lowest BCUT2D eigenvalue weighted by atomic mass is 9.79. The van der Waals surface area contributed by atoms with Crippen molar-refractivity contribution in [2.24, 2.45) is 11.3 Å². The van der Waals surface area contributed by atoms with Gasteiger partial charge in [0, 0.05) is 83.2 Å². The zero-order chi connectivity index (χ0) is 90.1. The van der Waals surface area contributed by atoms with E-state index in [4.69, 9.17) is 52.1 Å². The Hall–Kier alpha value is -11.2. The number of para-hydroxylation sites is 2. The molecule has 9 aromatic rings. The number of benzene rings is 9. The Morgan fingerprint density at radius 1 is 0.440 bits per heavy atom. The minimum Gasteiger partial charge on any atom is -0.497 e. The topological polar surface area (TPSA) is 201 Å². The zero-order valence-corrected chi connectivity index (χ0v) is 77.0. The van der Waals surface area contributed by atoms with Crippen LogP contribution in [0.25, 0.3) is 0 Å². The highest BCUT2D eigenvalue weighted by Crippen LogP contribution is 2.37. The van der Waals surface area contributed by atoms with Gasteiger partial charge in [-0.05, 0) is 275 Å². The largest absolute Gasteiger partial charge is 0.497 e. The summed E-state index contributed by atoms with van der Waals surface area (Å²) >= 11 is 0. The lowest BCUT2D eigenvalue weighted by Crippen LogP contribution is -2.39. The van der Waals surface area contributed by atoms with Crippen molar-refractivity contribution in [3.8, 4) is 51.7 Å². The number of amides is 4. The van der Waals surface area contributed by atoms with Crippen molar-refractivity contribution in [1.82, 2.24) is 20.0 Å². The van der Waals surface area contributed by atoms with E-state index in [9.17, 15) is 19.2 Å². The number of rotatable bonds is 36. The molecule has 4 aliphatic rings. The smallest absolute Gasteiger partial charge is 0.409 e. The number of aryl methyl sites for hydroxylation is 3. The third kappa shape index (κ3) is 45.3. The summed E-state index contributed by atoms with van der Waals surface area (Å²) in [6, 6.07) is 78.4. The van der Waals surface area contributed by atoms with E-state index in [1.54, 1.807) is 26.0 Å². The highest BCUT2D eigenvalue weighted by molar-refractivity contribution is 5.77. The number of carbonyl (C=O) groups is 4. The van der Waals surface area contributed by atoms with Gasteiger partial charge in [0.1, 0.15) is 58.4 Å². The highest BCUT2D eigenvalue weighted by Gasteiger charge is 2.37. The Balaban J connectivity index is 0.000000222. The Bertz CT molecular complexity index is 4350. The third-order valence-electron chi connectivity index (χ3n) is 19.8. The second-order valence-corrected chi connectivity index (χ2v) is 31.5. The van der Waals surface area contributed by atoms with Crippen LogP contribution in [0.2, 0.25) is 0 Å². The molecule has 1 saturated heterocycles. The molecule has 4 fully saturated rings. The summed E-state index contributed by atoms with van der Waals surface area (Å²) in [5, 5.41) is 2.58. The van der Waals surface area contributed by atoms with Gasteiger partial charge < -0.3 is 76.9 Å². The van der Waals surface area contributed by atoms with E-state index < -0.39 is 0 Å². The Morgan fingerprint density at radius 2 is 0.928 bits per heavy atom. The molecule has 0 bridgehead atoms. The first kappa shape index (κ1) is 103. The fourth-order valence-electron chi connectivity index (χ4n) is 12.8. The summed E-state index contributed by atoms with van der Waals surface area (Å²) in [4.78, 5) is 52.2. The van der Waals surface area contributed by atoms with Crippen LogP contribution in [0.15, 0.2) is 237 Å². The van der Waals surface area contributed by atoms with Crippen LogP contribution in [0, 0.1) is 25.2 Å². The molecule has 3 aliphatic carbocycles. The third-order valence-corrected chi connectivity index (χ3v) is 19.8. The van der Waals surface area contributed by atoms with E-state index in [1.165, 1.54) is 66.3 Å². The number of methoxy groups -OCH3 is 2. The molecule has 0 spiro atoms.